The molecule has 2 unspecified atom stereocenters. The molecular weight excluding hydrogens is 407 g/mol. The predicted molar refractivity (Wildman–Crippen MR) is 107 cm³/mol. The molecule has 1 saturated heterocycles. The average Bonchev–Trinajstić information content (AvgIpc) is 2.70. The minimum atomic E-state index is -0.851. The first-order chi connectivity index (χ1) is 13.4. The minimum absolute atomic E-state index is 0.103. The van der Waals surface area contributed by atoms with Crippen LogP contribution in [0.2, 0.25) is 10.0 Å². The fourth-order valence-corrected chi connectivity index (χ4v) is 3.55. The third-order valence-electron chi connectivity index (χ3n) is 4.66. The van der Waals surface area contributed by atoms with Crippen molar-refractivity contribution in [3.05, 3.63) is 28.2 Å². The summed E-state index contributed by atoms with van der Waals surface area (Å²) in [6, 6.07) is 4.91. The van der Waals surface area contributed by atoms with E-state index < -0.39 is 6.10 Å². The Bertz CT molecular complexity index is 827. The van der Waals surface area contributed by atoms with Gasteiger partial charge in [0.05, 0.1) is 35.4 Å². The monoisotopic (exact) mass is 428 g/mol. The van der Waals surface area contributed by atoms with Crippen molar-refractivity contribution in [2.45, 2.75) is 12.1 Å². The second-order valence-corrected chi connectivity index (χ2v) is 7.35. The molecule has 28 heavy (non-hydrogen) atoms. The Balaban J connectivity index is 1.78. The molecule has 11 heteroatoms. The molecule has 0 bridgehead atoms. The average molecular weight is 429 g/mol. The molecule has 2 heterocycles. The van der Waals surface area contributed by atoms with E-state index in [-0.39, 0.29) is 31.6 Å². The molecule has 0 saturated carbocycles. The Morgan fingerprint density at radius 1 is 1.21 bits per heavy atom. The molecule has 1 aliphatic heterocycles. The van der Waals surface area contributed by atoms with Gasteiger partial charge in [0.25, 0.3) is 0 Å². The fraction of sp³-hybridized carbons (Fsp3) is 0.471. The third-order valence-corrected chi connectivity index (χ3v) is 5.48. The summed E-state index contributed by atoms with van der Waals surface area (Å²) in [5, 5.41) is 37.5. The summed E-state index contributed by atoms with van der Waals surface area (Å²) in [6.45, 7) is 1.42. The van der Waals surface area contributed by atoms with Crippen molar-refractivity contribution < 1.29 is 15.3 Å². The molecule has 9 nitrogen and oxygen atoms in total. The van der Waals surface area contributed by atoms with Crippen LogP contribution in [0.25, 0.3) is 11.3 Å². The summed E-state index contributed by atoms with van der Waals surface area (Å²) in [6.07, 6.45) is -0.851. The number of β-amino-alcohol motifs (C(OH)–C–C–N with tert-alkyl or cyclic N) is 1. The number of nitrogens with two attached hydrogens (primary N) is 1. The second kappa shape index (κ2) is 9.17. The Kier molecular flexibility index (Phi) is 6.86. The lowest BCUT2D eigenvalue weighted by atomic mass is 10.1. The largest absolute Gasteiger partial charge is 0.395 e. The number of nitrogen functional groups attached to an aromatic ring is 1. The summed E-state index contributed by atoms with van der Waals surface area (Å²) in [7, 11) is 0. The molecule has 1 fully saturated rings. The smallest absolute Gasteiger partial charge is 0.247 e. The van der Waals surface area contributed by atoms with E-state index in [0.717, 1.165) is 0 Å². The van der Waals surface area contributed by atoms with Crippen molar-refractivity contribution in [3.8, 4) is 11.3 Å². The maximum absolute atomic E-state index is 9.69. The zero-order valence-electron chi connectivity index (χ0n) is 15.0. The number of hydrogen-bond acceptors (Lipinski definition) is 9. The van der Waals surface area contributed by atoms with E-state index in [1.165, 1.54) is 0 Å². The van der Waals surface area contributed by atoms with Crippen molar-refractivity contribution in [2.24, 2.45) is 0 Å². The van der Waals surface area contributed by atoms with Crippen molar-refractivity contribution in [1.29, 1.82) is 0 Å². The SMILES string of the molecule is Nc1nc(N2CCN(CC(O)CO)C(CO)C2)nnc1-c1cccc(Cl)c1Cl. The highest BCUT2D eigenvalue weighted by Crippen LogP contribution is 2.34. The Morgan fingerprint density at radius 3 is 2.68 bits per heavy atom. The first kappa shape index (κ1) is 21.0. The number of aromatic nitrogens is 3. The van der Waals surface area contributed by atoms with Crippen molar-refractivity contribution in [3.63, 3.8) is 0 Å². The summed E-state index contributed by atoms with van der Waals surface area (Å²) < 4.78 is 0. The Morgan fingerprint density at radius 2 is 2.00 bits per heavy atom. The van der Waals surface area contributed by atoms with Crippen LogP contribution < -0.4 is 10.6 Å². The van der Waals surface area contributed by atoms with Crippen LogP contribution in [0.15, 0.2) is 18.2 Å². The fourth-order valence-electron chi connectivity index (χ4n) is 3.16. The van der Waals surface area contributed by atoms with E-state index in [0.29, 0.717) is 46.9 Å². The first-order valence-electron chi connectivity index (χ1n) is 8.78. The van der Waals surface area contributed by atoms with Crippen molar-refractivity contribution in [2.75, 3.05) is 50.0 Å². The van der Waals surface area contributed by atoms with Gasteiger partial charge in [-0.1, -0.05) is 35.3 Å². The zero-order valence-corrected chi connectivity index (χ0v) is 16.6. The maximum atomic E-state index is 9.69. The van der Waals surface area contributed by atoms with Crippen LogP contribution in [0, 0.1) is 0 Å². The molecular formula is C17H22Cl2N6O3. The quantitative estimate of drug-likeness (QED) is 0.511. The first-order valence-corrected chi connectivity index (χ1v) is 9.53. The van der Waals surface area contributed by atoms with E-state index in [1.54, 1.807) is 18.2 Å². The molecule has 0 spiro atoms. The van der Waals surface area contributed by atoms with Gasteiger partial charge in [0.1, 0.15) is 5.69 Å². The number of nitrogens with zero attached hydrogens (tertiary/aromatic N) is 5. The molecule has 152 valence electrons. The summed E-state index contributed by atoms with van der Waals surface area (Å²) in [4.78, 5) is 8.15. The lowest BCUT2D eigenvalue weighted by molar-refractivity contribution is 0.0272. The van der Waals surface area contributed by atoms with Gasteiger partial charge in [-0.2, -0.15) is 4.98 Å². The number of rotatable bonds is 6. The van der Waals surface area contributed by atoms with Gasteiger partial charge in [0, 0.05) is 31.7 Å². The normalized spacial score (nSPS) is 19.0. The minimum Gasteiger partial charge on any atom is -0.395 e. The third kappa shape index (κ3) is 4.45. The van der Waals surface area contributed by atoms with Crippen LogP contribution in [0.5, 0.6) is 0 Å². The number of hydrogen-bond donors (Lipinski definition) is 4. The van der Waals surface area contributed by atoms with E-state index in [2.05, 4.69) is 15.2 Å². The van der Waals surface area contributed by atoms with Crippen LogP contribution in [0.4, 0.5) is 11.8 Å². The van der Waals surface area contributed by atoms with E-state index >= 15 is 0 Å². The van der Waals surface area contributed by atoms with Crippen molar-refractivity contribution in [1.82, 2.24) is 20.1 Å². The van der Waals surface area contributed by atoms with Gasteiger partial charge in [0.15, 0.2) is 5.82 Å². The van der Waals surface area contributed by atoms with Gasteiger partial charge in [-0.15, -0.1) is 10.2 Å². The van der Waals surface area contributed by atoms with Gasteiger partial charge in [-0.25, -0.2) is 0 Å². The Labute approximate surface area is 172 Å². The van der Waals surface area contributed by atoms with E-state index in [4.69, 9.17) is 34.0 Å². The molecule has 3 rings (SSSR count). The predicted octanol–water partition coefficient (Wildman–Crippen LogP) is 0.264. The lowest BCUT2D eigenvalue weighted by Crippen LogP contribution is -2.57. The zero-order chi connectivity index (χ0) is 20.3. The summed E-state index contributed by atoms with van der Waals surface area (Å²) in [5.41, 5.74) is 6.99. The summed E-state index contributed by atoms with van der Waals surface area (Å²) in [5.74, 6) is 0.521. The van der Waals surface area contributed by atoms with Crippen molar-refractivity contribution >= 4 is 35.0 Å². The molecule has 1 aromatic carbocycles. The topological polar surface area (TPSA) is 132 Å². The highest BCUT2D eigenvalue weighted by atomic mass is 35.5. The van der Waals surface area contributed by atoms with Crippen LogP contribution >= 0.6 is 23.2 Å². The number of aliphatic hydroxyl groups is 3. The molecule has 0 amide bonds. The molecule has 2 atom stereocenters. The number of halogens is 2. The number of piperazine rings is 1. The number of anilines is 2. The van der Waals surface area contributed by atoms with Gasteiger partial charge < -0.3 is 26.0 Å². The lowest BCUT2D eigenvalue weighted by Gasteiger charge is -2.41. The van der Waals surface area contributed by atoms with Gasteiger partial charge in [0.2, 0.25) is 5.95 Å². The van der Waals surface area contributed by atoms with E-state index in [9.17, 15) is 10.2 Å². The van der Waals surface area contributed by atoms with Gasteiger partial charge in [-0.3, -0.25) is 4.90 Å². The van der Waals surface area contributed by atoms with E-state index in [1.807, 2.05) is 9.80 Å². The van der Waals surface area contributed by atoms with Gasteiger partial charge >= 0.3 is 0 Å². The van der Waals surface area contributed by atoms with Crippen LogP contribution in [0.3, 0.4) is 0 Å². The van der Waals surface area contributed by atoms with Gasteiger partial charge in [-0.05, 0) is 6.07 Å². The number of aliphatic hydroxyl groups excluding tert-OH is 3. The van der Waals surface area contributed by atoms with Crippen LogP contribution in [-0.2, 0) is 0 Å². The molecule has 5 N–H and O–H groups in total. The molecule has 1 aliphatic rings. The van der Waals surface area contributed by atoms with Crippen LogP contribution in [0.1, 0.15) is 0 Å². The highest BCUT2D eigenvalue weighted by Gasteiger charge is 2.29. The molecule has 1 aromatic heterocycles. The highest BCUT2D eigenvalue weighted by molar-refractivity contribution is 6.43. The summed E-state index contributed by atoms with van der Waals surface area (Å²) >= 11 is 12.3. The maximum Gasteiger partial charge on any atom is 0.247 e. The number of benzene rings is 1. The molecule has 2 aromatic rings. The molecule has 0 radical (unpaired) electrons. The van der Waals surface area contributed by atoms with Crippen LogP contribution in [-0.4, -0.2) is 86.9 Å². The Hall–Kier alpha value is -1.75. The second-order valence-electron chi connectivity index (χ2n) is 6.56. The molecule has 0 aliphatic carbocycles. The standard InChI is InChI=1S/C17H22Cl2N6O3/c18-13-3-1-2-12(14(13)19)15-16(20)21-17(23-22-15)25-5-4-24(7-11(28)9-27)10(6-25)8-26/h1-3,10-11,26-28H,4-9H2,(H2,20,21,23).